The first-order valence-electron chi connectivity index (χ1n) is 11.7. The van der Waals surface area contributed by atoms with Crippen LogP contribution in [0.5, 0.6) is 0 Å². The smallest absolute Gasteiger partial charge is 0.224 e. The third kappa shape index (κ3) is 7.48. The van der Waals surface area contributed by atoms with Gasteiger partial charge in [-0.05, 0) is 76.2 Å². The molecule has 0 radical (unpaired) electrons. The van der Waals surface area contributed by atoms with Gasteiger partial charge in [0.1, 0.15) is 0 Å². The van der Waals surface area contributed by atoms with Crippen LogP contribution in [0, 0.1) is 5.92 Å². The molecular formula is C24H39ClIN5O. The van der Waals surface area contributed by atoms with Crippen molar-refractivity contribution < 1.29 is 4.79 Å². The second kappa shape index (κ2) is 13.6. The number of benzene rings is 1. The zero-order valence-corrected chi connectivity index (χ0v) is 22.7. The van der Waals surface area contributed by atoms with E-state index in [1.165, 1.54) is 18.4 Å². The fraction of sp³-hybridized carbons (Fsp3) is 0.667. The molecule has 180 valence electrons. The van der Waals surface area contributed by atoms with E-state index in [9.17, 15) is 4.79 Å². The van der Waals surface area contributed by atoms with Gasteiger partial charge in [0.25, 0.3) is 0 Å². The Balaban J connectivity index is 0.00000363. The number of piperidine rings is 2. The van der Waals surface area contributed by atoms with Crippen molar-refractivity contribution in [1.82, 2.24) is 20.4 Å². The van der Waals surface area contributed by atoms with E-state index < -0.39 is 0 Å². The van der Waals surface area contributed by atoms with E-state index in [0.717, 1.165) is 49.9 Å². The quantitative estimate of drug-likeness (QED) is 0.302. The van der Waals surface area contributed by atoms with Crippen LogP contribution in [-0.2, 0) is 4.79 Å². The van der Waals surface area contributed by atoms with Crippen molar-refractivity contribution in [2.24, 2.45) is 10.9 Å². The number of hydrogen-bond acceptors (Lipinski definition) is 3. The minimum Gasteiger partial charge on any atom is -0.356 e. The Hall–Kier alpha value is -1.06. The lowest BCUT2D eigenvalue weighted by Crippen LogP contribution is -2.46. The van der Waals surface area contributed by atoms with Gasteiger partial charge < -0.3 is 15.5 Å². The summed E-state index contributed by atoms with van der Waals surface area (Å²) in [6.45, 7) is 5.58. The van der Waals surface area contributed by atoms with Crippen molar-refractivity contribution in [2.45, 2.75) is 57.5 Å². The average molecular weight is 576 g/mol. The lowest BCUT2D eigenvalue weighted by Gasteiger charge is -2.40. The lowest BCUT2D eigenvalue weighted by atomic mass is 9.85. The van der Waals surface area contributed by atoms with E-state index in [1.807, 2.05) is 17.0 Å². The van der Waals surface area contributed by atoms with Crippen LogP contribution in [0.25, 0.3) is 0 Å². The van der Waals surface area contributed by atoms with Gasteiger partial charge in [0.05, 0.1) is 0 Å². The summed E-state index contributed by atoms with van der Waals surface area (Å²) >= 11 is 6.26. The standard InChI is InChI=1S/C24H38ClN5O.HI/c1-18-8-4-5-15-30(18)22(31)12-13-27-24(26-2)28-17-20-10-7-14-29(3)23(20)19-9-6-11-21(25)16-19;/h6,9,11,16,18,20,23H,4-5,7-8,10,12-15,17H2,1-3H3,(H2,26,27,28);1H. The normalized spacial score (nSPS) is 24.6. The molecule has 0 aromatic heterocycles. The molecule has 0 bridgehead atoms. The molecule has 2 saturated heterocycles. The van der Waals surface area contributed by atoms with Gasteiger partial charge in [-0.2, -0.15) is 0 Å². The van der Waals surface area contributed by atoms with Gasteiger partial charge in [0.15, 0.2) is 5.96 Å². The highest BCUT2D eigenvalue weighted by atomic mass is 127. The number of aliphatic imine (C=N–C) groups is 1. The highest BCUT2D eigenvalue weighted by Gasteiger charge is 2.30. The fourth-order valence-electron chi connectivity index (χ4n) is 5.04. The number of nitrogens with zero attached hydrogens (tertiary/aromatic N) is 3. The zero-order chi connectivity index (χ0) is 22.2. The van der Waals surface area contributed by atoms with Crippen molar-refractivity contribution in [3.63, 3.8) is 0 Å². The van der Waals surface area contributed by atoms with Crippen LogP contribution < -0.4 is 10.6 Å². The Kier molecular flexibility index (Phi) is 11.6. The first-order valence-corrected chi connectivity index (χ1v) is 12.1. The number of hydrogen-bond donors (Lipinski definition) is 2. The summed E-state index contributed by atoms with van der Waals surface area (Å²) in [4.78, 5) is 21.4. The molecule has 2 N–H and O–H groups in total. The van der Waals surface area contributed by atoms with Crippen molar-refractivity contribution in [2.75, 3.05) is 40.3 Å². The van der Waals surface area contributed by atoms with Crippen molar-refractivity contribution >= 4 is 47.4 Å². The van der Waals surface area contributed by atoms with Crippen LogP contribution in [-0.4, -0.2) is 68.0 Å². The maximum atomic E-state index is 12.6. The molecule has 1 amide bonds. The molecule has 2 aliphatic heterocycles. The maximum absolute atomic E-state index is 12.6. The summed E-state index contributed by atoms with van der Waals surface area (Å²) in [5.74, 6) is 1.47. The summed E-state index contributed by atoms with van der Waals surface area (Å²) < 4.78 is 0. The molecule has 2 heterocycles. The van der Waals surface area contributed by atoms with Gasteiger partial charge in [0, 0.05) is 50.2 Å². The van der Waals surface area contributed by atoms with Crippen LogP contribution in [0.1, 0.15) is 57.1 Å². The van der Waals surface area contributed by atoms with E-state index in [-0.39, 0.29) is 29.9 Å². The molecule has 2 aliphatic rings. The van der Waals surface area contributed by atoms with Gasteiger partial charge in [0.2, 0.25) is 5.91 Å². The third-order valence-electron chi connectivity index (χ3n) is 6.71. The number of carbonyl (C=O) groups excluding carboxylic acids is 1. The van der Waals surface area contributed by atoms with Crippen molar-refractivity contribution in [3.8, 4) is 0 Å². The number of nitrogens with one attached hydrogen (secondary N) is 2. The van der Waals surface area contributed by atoms with E-state index in [0.29, 0.717) is 31.0 Å². The van der Waals surface area contributed by atoms with E-state index in [4.69, 9.17) is 11.6 Å². The number of likely N-dealkylation sites (tertiary alicyclic amines) is 2. The molecule has 1 aromatic rings. The third-order valence-corrected chi connectivity index (χ3v) is 6.94. The molecule has 0 aliphatic carbocycles. The number of halogens is 2. The first kappa shape index (κ1) is 27.2. The second-order valence-corrected chi connectivity index (χ2v) is 9.38. The average Bonchev–Trinajstić information content (AvgIpc) is 2.76. The summed E-state index contributed by atoms with van der Waals surface area (Å²) in [7, 11) is 3.98. The highest BCUT2D eigenvalue weighted by Crippen LogP contribution is 2.35. The monoisotopic (exact) mass is 575 g/mol. The van der Waals surface area contributed by atoms with Gasteiger partial charge in [-0.1, -0.05) is 23.7 Å². The predicted molar refractivity (Wildman–Crippen MR) is 144 cm³/mol. The van der Waals surface area contributed by atoms with Crippen LogP contribution in [0.2, 0.25) is 5.02 Å². The Bertz CT molecular complexity index is 762. The molecular weight excluding hydrogens is 537 g/mol. The number of carbonyl (C=O) groups is 1. The highest BCUT2D eigenvalue weighted by molar-refractivity contribution is 14.0. The minimum atomic E-state index is 0. The number of amides is 1. The molecule has 0 saturated carbocycles. The van der Waals surface area contributed by atoms with Crippen LogP contribution >= 0.6 is 35.6 Å². The zero-order valence-electron chi connectivity index (χ0n) is 19.6. The summed E-state index contributed by atoms with van der Waals surface area (Å²) in [5, 5.41) is 7.60. The first-order chi connectivity index (χ1) is 15.0. The molecule has 32 heavy (non-hydrogen) atoms. The topological polar surface area (TPSA) is 60.0 Å². The summed E-state index contributed by atoms with van der Waals surface area (Å²) in [6.07, 6.45) is 6.32. The molecule has 0 spiro atoms. The van der Waals surface area contributed by atoms with Gasteiger partial charge >= 0.3 is 0 Å². The molecule has 1 aromatic carbocycles. The van der Waals surface area contributed by atoms with Crippen LogP contribution in [0.15, 0.2) is 29.3 Å². The molecule has 2 fully saturated rings. The Morgan fingerprint density at radius 3 is 2.72 bits per heavy atom. The van der Waals surface area contributed by atoms with Gasteiger partial charge in [-0.15, -0.1) is 24.0 Å². The fourth-order valence-corrected chi connectivity index (χ4v) is 5.24. The van der Waals surface area contributed by atoms with Crippen LogP contribution in [0.3, 0.4) is 0 Å². The summed E-state index contributed by atoms with van der Waals surface area (Å²) in [6, 6.07) is 8.92. The van der Waals surface area contributed by atoms with E-state index in [1.54, 1.807) is 7.05 Å². The van der Waals surface area contributed by atoms with Gasteiger partial charge in [-0.25, -0.2) is 0 Å². The molecule has 3 atom stereocenters. The molecule has 8 heteroatoms. The largest absolute Gasteiger partial charge is 0.356 e. The van der Waals surface area contributed by atoms with E-state index in [2.05, 4.69) is 46.6 Å². The Morgan fingerprint density at radius 2 is 2.00 bits per heavy atom. The second-order valence-electron chi connectivity index (χ2n) is 8.94. The Morgan fingerprint density at radius 1 is 1.19 bits per heavy atom. The van der Waals surface area contributed by atoms with Crippen molar-refractivity contribution in [1.29, 1.82) is 0 Å². The lowest BCUT2D eigenvalue weighted by molar-refractivity contribution is -0.134. The SMILES string of the molecule is CN=C(NCCC(=O)N1CCCCC1C)NCC1CCCN(C)C1c1cccc(Cl)c1.I. The summed E-state index contributed by atoms with van der Waals surface area (Å²) in [5.41, 5.74) is 1.27. The van der Waals surface area contributed by atoms with Crippen molar-refractivity contribution in [3.05, 3.63) is 34.9 Å². The minimum absolute atomic E-state index is 0. The van der Waals surface area contributed by atoms with E-state index >= 15 is 0 Å². The van der Waals surface area contributed by atoms with Crippen LogP contribution in [0.4, 0.5) is 0 Å². The number of guanidine groups is 1. The predicted octanol–water partition coefficient (Wildman–Crippen LogP) is 4.30. The Labute approximate surface area is 215 Å². The molecule has 6 nitrogen and oxygen atoms in total. The number of rotatable bonds is 6. The van der Waals surface area contributed by atoms with Gasteiger partial charge in [-0.3, -0.25) is 14.7 Å². The molecule has 3 unspecified atom stereocenters. The molecule has 3 rings (SSSR count). The maximum Gasteiger partial charge on any atom is 0.224 e.